The van der Waals surface area contributed by atoms with Crippen LogP contribution in [0.15, 0.2) is 194 Å². The van der Waals surface area contributed by atoms with Gasteiger partial charge in [0, 0.05) is 33.5 Å². The van der Waals surface area contributed by atoms with Crippen LogP contribution in [-0.2, 0) is 0 Å². The predicted octanol–water partition coefficient (Wildman–Crippen LogP) is 13.4. The maximum Gasteiger partial charge on any atom is 0.0542 e. The molecule has 1 heterocycles. The topological polar surface area (TPSA) is 8.17 Å². The van der Waals surface area contributed by atoms with Crippen LogP contribution < -0.4 is 4.90 Å². The molecule has 0 radical (unpaired) electrons. The molecule has 10 aromatic rings. The molecule has 0 spiro atoms. The lowest BCUT2D eigenvalue weighted by molar-refractivity contribution is 1.18. The third kappa shape index (κ3) is 4.57. The molecular weight excluding hydrogens is 605 g/mol. The Morgan fingerprint density at radius 2 is 0.860 bits per heavy atom. The highest BCUT2D eigenvalue weighted by Gasteiger charge is 2.19. The van der Waals surface area contributed by atoms with E-state index in [1.807, 2.05) is 0 Å². The van der Waals surface area contributed by atoms with Gasteiger partial charge in [0.1, 0.15) is 0 Å². The normalized spacial score (nSPS) is 11.6. The molecule has 0 saturated carbocycles. The van der Waals surface area contributed by atoms with Gasteiger partial charge in [-0.1, -0.05) is 133 Å². The van der Waals surface area contributed by atoms with Crippen molar-refractivity contribution in [2.45, 2.75) is 0 Å². The van der Waals surface area contributed by atoms with Crippen molar-refractivity contribution in [2.24, 2.45) is 0 Å². The molecule has 0 aliphatic heterocycles. The summed E-state index contributed by atoms with van der Waals surface area (Å²) in [5.74, 6) is 0. The number of aromatic nitrogens is 1. The Labute approximate surface area is 290 Å². The van der Waals surface area contributed by atoms with E-state index >= 15 is 0 Å². The largest absolute Gasteiger partial charge is 0.310 e. The van der Waals surface area contributed by atoms with Crippen molar-refractivity contribution in [2.75, 3.05) is 4.90 Å². The van der Waals surface area contributed by atoms with Crippen LogP contribution in [0.4, 0.5) is 17.1 Å². The van der Waals surface area contributed by atoms with E-state index in [1.54, 1.807) is 0 Å². The molecule has 1 aromatic heterocycles. The fourth-order valence-corrected chi connectivity index (χ4v) is 7.80. The van der Waals surface area contributed by atoms with Crippen molar-refractivity contribution in [1.82, 2.24) is 4.57 Å². The summed E-state index contributed by atoms with van der Waals surface area (Å²) in [6, 6.07) is 70.6. The highest BCUT2D eigenvalue weighted by atomic mass is 15.1. The van der Waals surface area contributed by atoms with Crippen LogP contribution in [0.5, 0.6) is 0 Å². The minimum absolute atomic E-state index is 1.11. The van der Waals surface area contributed by atoms with Gasteiger partial charge >= 0.3 is 0 Å². The zero-order chi connectivity index (χ0) is 33.0. The summed E-state index contributed by atoms with van der Waals surface area (Å²) in [6.45, 7) is 0. The lowest BCUT2D eigenvalue weighted by atomic mass is 9.96. The van der Waals surface area contributed by atoms with Gasteiger partial charge in [-0.25, -0.2) is 0 Å². The summed E-state index contributed by atoms with van der Waals surface area (Å²) in [7, 11) is 0. The third-order valence-electron chi connectivity index (χ3n) is 10.1. The number of benzene rings is 9. The molecule has 0 bridgehead atoms. The molecule has 10 rings (SSSR count). The molecule has 0 saturated heterocycles. The van der Waals surface area contributed by atoms with Crippen molar-refractivity contribution in [3.05, 3.63) is 194 Å². The van der Waals surface area contributed by atoms with Gasteiger partial charge in [-0.15, -0.1) is 0 Å². The number of para-hydroxylation sites is 2. The summed E-state index contributed by atoms with van der Waals surface area (Å²) in [5.41, 5.74) is 9.29. The number of hydrogen-bond acceptors (Lipinski definition) is 1. The zero-order valence-electron chi connectivity index (χ0n) is 27.4. The molecule has 50 heavy (non-hydrogen) atoms. The first-order chi connectivity index (χ1) is 24.8. The first-order valence-electron chi connectivity index (χ1n) is 17.2. The molecule has 234 valence electrons. The van der Waals surface area contributed by atoms with Crippen LogP contribution >= 0.6 is 0 Å². The number of nitrogens with zero attached hydrogens (tertiary/aromatic N) is 2. The molecular formula is C48H32N2. The van der Waals surface area contributed by atoms with Crippen LogP contribution in [0, 0.1) is 0 Å². The maximum absolute atomic E-state index is 2.42. The fourth-order valence-electron chi connectivity index (χ4n) is 7.80. The van der Waals surface area contributed by atoms with Gasteiger partial charge in [-0.05, 0) is 104 Å². The molecule has 0 fully saturated rings. The molecule has 2 nitrogen and oxygen atoms in total. The minimum Gasteiger partial charge on any atom is -0.310 e. The Hall–Kier alpha value is -6.64. The SMILES string of the molecule is c1ccc(-c2cccc(N(c3ccc4ccc5c6ccccc6ccc5c4c3)c3ccc4c(c3)c3ccccc3n4-c3ccccc3)c2)cc1. The summed E-state index contributed by atoms with van der Waals surface area (Å²) < 4.78 is 2.38. The second-order valence-electron chi connectivity index (χ2n) is 13.0. The van der Waals surface area contributed by atoms with Crippen molar-refractivity contribution < 1.29 is 0 Å². The van der Waals surface area contributed by atoms with Crippen LogP contribution in [-0.4, -0.2) is 4.57 Å². The van der Waals surface area contributed by atoms with Crippen molar-refractivity contribution >= 4 is 71.2 Å². The molecule has 0 amide bonds. The Bertz CT molecular complexity index is 2870. The average molecular weight is 637 g/mol. The van der Waals surface area contributed by atoms with Crippen molar-refractivity contribution in [3.63, 3.8) is 0 Å². The number of anilines is 3. The lowest BCUT2D eigenvalue weighted by Gasteiger charge is -2.27. The van der Waals surface area contributed by atoms with Gasteiger partial charge in [-0.2, -0.15) is 0 Å². The first-order valence-corrected chi connectivity index (χ1v) is 17.2. The van der Waals surface area contributed by atoms with Crippen LogP contribution in [0.3, 0.4) is 0 Å². The van der Waals surface area contributed by atoms with Gasteiger partial charge in [-0.3, -0.25) is 0 Å². The van der Waals surface area contributed by atoms with E-state index in [9.17, 15) is 0 Å². The highest BCUT2D eigenvalue weighted by Crippen LogP contribution is 2.42. The average Bonchev–Trinajstić information content (AvgIpc) is 3.52. The van der Waals surface area contributed by atoms with Crippen LogP contribution in [0.25, 0.3) is 70.9 Å². The van der Waals surface area contributed by atoms with E-state index in [2.05, 4.69) is 204 Å². The summed E-state index contributed by atoms with van der Waals surface area (Å²) in [5, 5.41) is 10.0. The second-order valence-corrected chi connectivity index (χ2v) is 13.0. The van der Waals surface area contributed by atoms with Gasteiger partial charge in [0.2, 0.25) is 0 Å². The Kier molecular flexibility index (Phi) is 6.53. The smallest absolute Gasteiger partial charge is 0.0542 e. The molecule has 2 heteroatoms. The van der Waals surface area contributed by atoms with E-state index in [0.717, 1.165) is 22.7 Å². The van der Waals surface area contributed by atoms with E-state index in [4.69, 9.17) is 0 Å². The van der Waals surface area contributed by atoms with Gasteiger partial charge < -0.3 is 9.47 Å². The number of hydrogen-bond donors (Lipinski definition) is 0. The van der Waals surface area contributed by atoms with Crippen LogP contribution in [0.1, 0.15) is 0 Å². The molecule has 9 aromatic carbocycles. The van der Waals surface area contributed by atoms with Gasteiger partial charge in [0.15, 0.2) is 0 Å². The lowest BCUT2D eigenvalue weighted by Crippen LogP contribution is -2.10. The highest BCUT2D eigenvalue weighted by molar-refractivity contribution is 6.18. The number of fused-ring (bicyclic) bond motifs is 8. The second kappa shape index (κ2) is 11.5. The van der Waals surface area contributed by atoms with E-state index in [-0.39, 0.29) is 0 Å². The van der Waals surface area contributed by atoms with E-state index in [0.29, 0.717) is 0 Å². The summed E-state index contributed by atoms with van der Waals surface area (Å²) in [4.78, 5) is 2.42. The standard InChI is InChI=1S/C48H32N2/c1-3-12-33(13-4-1)36-15-11-18-38(30-36)49(39-25-22-35-24-27-42-41-19-8-7-14-34(41)23-28-43(42)45(35)31-39)40-26-29-48-46(32-40)44-20-9-10-21-47(44)50(48)37-16-5-2-6-17-37/h1-32H. The Morgan fingerprint density at radius 3 is 1.68 bits per heavy atom. The molecule has 0 N–H and O–H groups in total. The van der Waals surface area contributed by atoms with E-state index in [1.165, 1.54) is 65.3 Å². The monoisotopic (exact) mass is 636 g/mol. The fraction of sp³-hybridized carbons (Fsp3) is 0. The minimum atomic E-state index is 1.11. The van der Waals surface area contributed by atoms with Crippen molar-refractivity contribution in [3.8, 4) is 16.8 Å². The van der Waals surface area contributed by atoms with Crippen LogP contribution in [0.2, 0.25) is 0 Å². The van der Waals surface area contributed by atoms with Gasteiger partial charge in [0.25, 0.3) is 0 Å². The molecule has 0 atom stereocenters. The van der Waals surface area contributed by atoms with E-state index < -0.39 is 0 Å². The Morgan fingerprint density at radius 1 is 0.300 bits per heavy atom. The number of rotatable bonds is 5. The van der Waals surface area contributed by atoms with Crippen molar-refractivity contribution in [1.29, 1.82) is 0 Å². The third-order valence-corrected chi connectivity index (χ3v) is 10.1. The van der Waals surface area contributed by atoms with Gasteiger partial charge in [0.05, 0.1) is 11.0 Å². The first kappa shape index (κ1) is 28.4. The molecule has 0 aliphatic carbocycles. The Balaban J connectivity index is 1.23. The predicted molar refractivity (Wildman–Crippen MR) is 213 cm³/mol. The molecule has 0 aliphatic rings. The molecule has 0 unspecified atom stereocenters. The zero-order valence-corrected chi connectivity index (χ0v) is 27.4. The summed E-state index contributed by atoms with van der Waals surface area (Å²) >= 11 is 0. The summed E-state index contributed by atoms with van der Waals surface area (Å²) in [6.07, 6.45) is 0. The quantitative estimate of drug-likeness (QED) is 0.171. The maximum atomic E-state index is 2.42.